The molecule has 2 rings (SSSR count). The number of hydrogen-bond acceptors (Lipinski definition) is 5. The number of nitro groups is 1. The number of aromatic nitrogens is 1. The summed E-state index contributed by atoms with van der Waals surface area (Å²) in [5, 5.41) is 13.9. The molecule has 0 unspecified atom stereocenters. The van der Waals surface area contributed by atoms with Gasteiger partial charge in [0.25, 0.3) is 5.69 Å². The molecule has 94 valence electrons. The molecule has 0 N–H and O–H groups in total. The van der Waals surface area contributed by atoms with Gasteiger partial charge in [-0.25, -0.2) is 4.98 Å². The third kappa shape index (κ3) is 2.65. The SMILES string of the molecule is Cc1nc(CN(C)c2ccccc2[N+](=O)[O-])cs1. The highest BCUT2D eigenvalue weighted by atomic mass is 32.1. The zero-order valence-corrected chi connectivity index (χ0v) is 11.0. The van der Waals surface area contributed by atoms with E-state index >= 15 is 0 Å². The molecule has 0 amide bonds. The van der Waals surface area contributed by atoms with Gasteiger partial charge in [0.15, 0.2) is 0 Å². The monoisotopic (exact) mass is 263 g/mol. The lowest BCUT2D eigenvalue weighted by atomic mass is 10.2. The molecule has 0 aliphatic rings. The number of para-hydroxylation sites is 2. The van der Waals surface area contributed by atoms with Crippen molar-refractivity contribution in [2.45, 2.75) is 13.5 Å². The Hall–Kier alpha value is -1.95. The van der Waals surface area contributed by atoms with E-state index in [2.05, 4.69) is 4.98 Å². The van der Waals surface area contributed by atoms with Crippen molar-refractivity contribution in [1.82, 2.24) is 4.98 Å². The Morgan fingerprint density at radius 1 is 1.44 bits per heavy atom. The first-order valence-corrected chi connectivity index (χ1v) is 6.31. The zero-order valence-electron chi connectivity index (χ0n) is 10.2. The normalized spacial score (nSPS) is 10.3. The maximum absolute atomic E-state index is 10.9. The van der Waals surface area contributed by atoms with Crippen LogP contribution in [0.5, 0.6) is 0 Å². The molecule has 6 heteroatoms. The summed E-state index contributed by atoms with van der Waals surface area (Å²) in [6.07, 6.45) is 0. The first-order valence-electron chi connectivity index (χ1n) is 5.43. The van der Waals surface area contributed by atoms with Crippen LogP contribution in [-0.4, -0.2) is 17.0 Å². The summed E-state index contributed by atoms with van der Waals surface area (Å²) >= 11 is 1.58. The molecule has 0 saturated carbocycles. The van der Waals surface area contributed by atoms with Crippen molar-refractivity contribution in [1.29, 1.82) is 0 Å². The van der Waals surface area contributed by atoms with Crippen molar-refractivity contribution in [2.24, 2.45) is 0 Å². The number of nitrogens with zero attached hydrogens (tertiary/aromatic N) is 3. The minimum Gasteiger partial charge on any atom is -0.363 e. The Morgan fingerprint density at radius 3 is 2.78 bits per heavy atom. The van der Waals surface area contributed by atoms with E-state index in [0.717, 1.165) is 10.7 Å². The molecule has 0 fully saturated rings. The van der Waals surface area contributed by atoms with E-state index in [4.69, 9.17) is 0 Å². The fourth-order valence-corrected chi connectivity index (χ4v) is 2.35. The molecule has 1 aromatic carbocycles. The standard InChI is InChI=1S/C12H13N3O2S/c1-9-13-10(8-18-9)7-14(2)11-5-3-4-6-12(11)15(16)17/h3-6,8H,7H2,1-2H3. The number of hydrogen-bond donors (Lipinski definition) is 0. The van der Waals surface area contributed by atoms with Gasteiger partial charge in [-0.05, 0) is 13.0 Å². The average Bonchev–Trinajstić information content (AvgIpc) is 2.74. The van der Waals surface area contributed by atoms with Crippen molar-refractivity contribution in [3.63, 3.8) is 0 Å². The van der Waals surface area contributed by atoms with Gasteiger partial charge in [-0.3, -0.25) is 10.1 Å². The number of aryl methyl sites for hydroxylation is 1. The lowest BCUT2D eigenvalue weighted by Crippen LogP contribution is -2.17. The van der Waals surface area contributed by atoms with E-state index < -0.39 is 0 Å². The maximum Gasteiger partial charge on any atom is 0.292 e. The largest absolute Gasteiger partial charge is 0.363 e. The fourth-order valence-electron chi connectivity index (χ4n) is 1.75. The highest BCUT2D eigenvalue weighted by Gasteiger charge is 2.16. The van der Waals surface area contributed by atoms with Gasteiger partial charge in [0.05, 0.1) is 22.2 Å². The van der Waals surface area contributed by atoms with Crippen LogP contribution >= 0.6 is 11.3 Å². The number of nitro benzene ring substituents is 1. The van der Waals surface area contributed by atoms with Crippen LogP contribution in [0.4, 0.5) is 11.4 Å². The smallest absolute Gasteiger partial charge is 0.292 e. The van der Waals surface area contributed by atoms with Crippen molar-refractivity contribution >= 4 is 22.7 Å². The van der Waals surface area contributed by atoms with E-state index in [9.17, 15) is 10.1 Å². The van der Waals surface area contributed by atoms with Gasteiger partial charge in [-0.15, -0.1) is 11.3 Å². The van der Waals surface area contributed by atoms with Gasteiger partial charge in [0.1, 0.15) is 5.69 Å². The van der Waals surface area contributed by atoms with Gasteiger partial charge in [-0.1, -0.05) is 12.1 Å². The van der Waals surface area contributed by atoms with Crippen molar-refractivity contribution in [3.8, 4) is 0 Å². The number of benzene rings is 1. The molecule has 0 spiro atoms. The topological polar surface area (TPSA) is 59.3 Å². The van der Waals surface area contributed by atoms with Crippen LogP contribution in [0, 0.1) is 17.0 Å². The third-order valence-corrected chi connectivity index (χ3v) is 3.38. The predicted molar refractivity (Wildman–Crippen MR) is 72.1 cm³/mol. The van der Waals surface area contributed by atoms with E-state index in [-0.39, 0.29) is 10.6 Å². The molecule has 0 radical (unpaired) electrons. The zero-order chi connectivity index (χ0) is 13.1. The molecule has 0 bridgehead atoms. The summed E-state index contributed by atoms with van der Waals surface area (Å²) < 4.78 is 0. The van der Waals surface area contributed by atoms with Crippen LogP contribution in [0.15, 0.2) is 29.6 Å². The van der Waals surface area contributed by atoms with Gasteiger partial charge in [0.2, 0.25) is 0 Å². The summed E-state index contributed by atoms with van der Waals surface area (Å²) in [7, 11) is 1.83. The summed E-state index contributed by atoms with van der Waals surface area (Å²) in [6.45, 7) is 2.51. The molecular weight excluding hydrogens is 250 g/mol. The second-order valence-electron chi connectivity index (χ2n) is 3.96. The van der Waals surface area contributed by atoms with Crippen LogP contribution in [0.1, 0.15) is 10.7 Å². The summed E-state index contributed by atoms with van der Waals surface area (Å²) in [4.78, 5) is 16.8. The molecule has 0 saturated heterocycles. The summed E-state index contributed by atoms with van der Waals surface area (Å²) in [6, 6.07) is 6.73. The Kier molecular flexibility index (Phi) is 3.57. The van der Waals surface area contributed by atoms with E-state index in [0.29, 0.717) is 12.2 Å². The fraction of sp³-hybridized carbons (Fsp3) is 0.250. The summed E-state index contributed by atoms with van der Waals surface area (Å²) in [5.74, 6) is 0. The van der Waals surface area contributed by atoms with Crippen LogP contribution in [0.25, 0.3) is 0 Å². The number of thiazole rings is 1. The van der Waals surface area contributed by atoms with Gasteiger partial charge in [0, 0.05) is 18.5 Å². The van der Waals surface area contributed by atoms with Gasteiger partial charge in [-0.2, -0.15) is 0 Å². The van der Waals surface area contributed by atoms with Gasteiger partial charge < -0.3 is 4.90 Å². The third-order valence-electron chi connectivity index (χ3n) is 2.56. The minimum absolute atomic E-state index is 0.118. The molecular formula is C12H13N3O2S. The Bertz CT molecular complexity index is 568. The van der Waals surface area contributed by atoms with Crippen molar-refractivity contribution < 1.29 is 4.92 Å². The van der Waals surface area contributed by atoms with E-state index in [1.54, 1.807) is 29.5 Å². The summed E-state index contributed by atoms with van der Waals surface area (Å²) in [5.41, 5.74) is 1.65. The predicted octanol–water partition coefficient (Wildman–Crippen LogP) is 3.00. The van der Waals surface area contributed by atoms with E-state index in [1.165, 1.54) is 6.07 Å². The van der Waals surface area contributed by atoms with Crippen molar-refractivity contribution in [2.75, 3.05) is 11.9 Å². The first-order chi connectivity index (χ1) is 8.58. The molecule has 5 nitrogen and oxygen atoms in total. The van der Waals surface area contributed by atoms with Crippen LogP contribution < -0.4 is 4.90 Å². The Labute approximate surface area is 109 Å². The van der Waals surface area contributed by atoms with E-state index in [1.807, 2.05) is 24.3 Å². The molecule has 0 aliphatic carbocycles. The first kappa shape index (κ1) is 12.5. The highest BCUT2D eigenvalue weighted by molar-refractivity contribution is 7.09. The molecule has 2 aromatic rings. The van der Waals surface area contributed by atoms with Gasteiger partial charge >= 0.3 is 0 Å². The maximum atomic E-state index is 10.9. The van der Waals surface area contributed by atoms with Crippen LogP contribution in [-0.2, 0) is 6.54 Å². The number of rotatable bonds is 4. The number of anilines is 1. The molecule has 0 atom stereocenters. The second-order valence-corrected chi connectivity index (χ2v) is 5.02. The Morgan fingerprint density at radius 2 is 2.17 bits per heavy atom. The van der Waals surface area contributed by atoms with Crippen LogP contribution in [0.2, 0.25) is 0 Å². The lowest BCUT2D eigenvalue weighted by Gasteiger charge is -2.17. The second kappa shape index (κ2) is 5.14. The lowest BCUT2D eigenvalue weighted by molar-refractivity contribution is -0.384. The molecule has 18 heavy (non-hydrogen) atoms. The molecule has 1 heterocycles. The quantitative estimate of drug-likeness (QED) is 0.628. The van der Waals surface area contributed by atoms with Crippen molar-refractivity contribution in [3.05, 3.63) is 50.5 Å². The average molecular weight is 263 g/mol. The minimum atomic E-state index is -0.363. The molecule has 1 aromatic heterocycles. The molecule has 0 aliphatic heterocycles. The van der Waals surface area contributed by atoms with Crippen LogP contribution in [0.3, 0.4) is 0 Å². The Balaban J connectivity index is 2.23. The highest BCUT2D eigenvalue weighted by Crippen LogP contribution is 2.27.